The van der Waals surface area contributed by atoms with Gasteiger partial charge >= 0.3 is 19.3 Å². The van der Waals surface area contributed by atoms with Gasteiger partial charge in [0.05, 0.1) is 31.0 Å². The quantitative estimate of drug-likeness (QED) is 0.0239. The van der Waals surface area contributed by atoms with Crippen molar-refractivity contribution in [3.63, 3.8) is 0 Å². The second kappa shape index (κ2) is 36.4. The van der Waals surface area contributed by atoms with E-state index in [1.54, 1.807) is 102 Å². The number of ether oxygens (including phenoxy) is 8. The van der Waals surface area contributed by atoms with E-state index in [4.69, 9.17) is 74.2 Å². The minimum absolute atomic E-state index is 0.167. The van der Waals surface area contributed by atoms with E-state index in [1.165, 1.54) is 30.7 Å². The van der Waals surface area contributed by atoms with Gasteiger partial charge in [-0.15, -0.1) is 0 Å². The molecule has 5 heterocycles. The first-order valence-corrected chi connectivity index (χ1v) is 38.3. The number of nitrogens with one attached hydrogen (secondary N) is 1. The number of carboxylic acids is 1. The van der Waals surface area contributed by atoms with Crippen molar-refractivity contribution < 1.29 is 113 Å². The van der Waals surface area contributed by atoms with Gasteiger partial charge < -0.3 is 77.1 Å². The number of hydrogen-bond acceptors (Lipinski definition) is 17. The maximum Gasteiger partial charge on any atom is 0.348 e. The fraction of sp³-hybridized carbons (Fsp3) is 0.525. The van der Waals surface area contributed by atoms with Gasteiger partial charge in [-0.25, -0.2) is 22.4 Å². The largest absolute Gasteiger partial charge is 0.481 e. The van der Waals surface area contributed by atoms with Crippen molar-refractivity contribution >= 4 is 46.6 Å². The molecule has 0 bridgehead atoms. The zero-order valence-electron chi connectivity index (χ0n) is 52.9. The summed E-state index contributed by atoms with van der Waals surface area (Å²) in [5, 5.41) is 17.6. The lowest BCUT2D eigenvalue weighted by Gasteiger charge is -2.23. The lowest BCUT2D eigenvalue weighted by atomic mass is 10.0. The van der Waals surface area contributed by atoms with E-state index in [9.17, 15) is 60.3 Å². The molecule has 4 fully saturated rings. The van der Waals surface area contributed by atoms with Crippen molar-refractivity contribution in [2.75, 3.05) is 25.8 Å². The van der Waals surface area contributed by atoms with E-state index in [-0.39, 0.29) is 24.4 Å². The second-order valence-corrected chi connectivity index (χ2v) is 32.5. The molecule has 0 amide bonds. The number of aliphatic hydroxyl groups is 1. The Kier molecular flexibility index (Phi) is 31.0. The van der Waals surface area contributed by atoms with Gasteiger partial charge in [-0.2, -0.15) is 0 Å². The van der Waals surface area contributed by atoms with Crippen LogP contribution in [0, 0.1) is 0 Å². The topological polar surface area (TPSA) is 348 Å². The van der Waals surface area contributed by atoms with Crippen LogP contribution >= 0.6 is 28.8 Å². The summed E-state index contributed by atoms with van der Waals surface area (Å²) in [6.45, 7) is 11.3. The second-order valence-electron chi connectivity index (χ2n) is 23.2. The van der Waals surface area contributed by atoms with E-state index in [2.05, 4.69) is 0 Å². The fourth-order valence-corrected chi connectivity index (χ4v) is 12.6. The van der Waals surface area contributed by atoms with Crippen LogP contribution in [0.3, 0.4) is 0 Å². The Labute approximate surface area is 547 Å². The van der Waals surface area contributed by atoms with Gasteiger partial charge in [0.2, 0.25) is 14.7 Å². The molecule has 3 aromatic carbocycles. The normalized spacial score (nSPS) is 29.8. The number of carboxylic acid groups (broad SMARTS) is 1. The molecule has 524 valence electrons. The highest BCUT2D eigenvalue weighted by Gasteiger charge is 2.50. The SMILES string of the molecule is CC(C)O[C@H]1[C@@H](F)[C@H](c2ccccc2)O[C@@H]1/C=C/P(=O)(O)CO.CC(C)O[C@H]1[C@@H](F)[C@H](c2ccccc2)O[C@@H]1/C=C/P(=O)(O)O.CC(C)O[C@H]1[C@@H](F)[C@H](c2ccccc2)O[C@@H]1/C=C/P(C)(=O)O.CC(C)O[C@H]1[C@@H](F)[C@H](n2ccc(=O)[nH]c2=O)O[C@@H]1COP(O)(=S)CC(=O)O. The number of nitrogens with zero attached hydrogens (tertiary/aromatic N) is 1. The molecule has 3 unspecified atom stereocenters. The number of H-pyrrole nitrogens is 1. The Balaban J connectivity index is 0.000000228. The van der Waals surface area contributed by atoms with Gasteiger partial charge in [-0.1, -0.05) is 91.0 Å². The maximum atomic E-state index is 14.9. The summed E-state index contributed by atoms with van der Waals surface area (Å²) in [6, 6.07) is 27.9. The van der Waals surface area contributed by atoms with E-state index in [0.717, 1.165) is 34.0 Å². The van der Waals surface area contributed by atoms with Gasteiger partial charge in [-0.3, -0.25) is 32.8 Å². The first-order chi connectivity index (χ1) is 43.9. The molecular formula is C61H84F4N2O22P4S. The molecule has 0 radical (unpaired) electrons. The zero-order valence-corrected chi connectivity index (χ0v) is 57.3. The van der Waals surface area contributed by atoms with Crippen LogP contribution in [0.5, 0.6) is 0 Å². The number of hydrogen-bond donors (Lipinski definition) is 8. The number of carbonyl (C=O) groups is 1. The molecule has 0 spiro atoms. The van der Waals surface area contributed by atoms with Crippen LogP contribution in [-0.4, -0.2) is 174 Å². The first kappa shape index (κ1) is 80.2. The summed E-state index contributed by atoms with van der Waals surface area (Å²) in [7, 11) is -11.4. The Morgan fingerprint density at radius 1 is 0.585 bits per heavy atom. The van der Waals surface area contributed by atoms with E-state index >= 15 is 0 Å². The van der Waals surface area contributed by atoms with Gasteiger partial charge in [0.1, 0.15) is 79.7 Å². The third-order valence-electron chi connectivity index (χ3n) is 13.7. The maximum absolute atomic E-state index is 14.9. The van der Waals surface area contributed by atoms with E-state index in [0.29, 0.717) is 11.1 Å². The Morgan fingerprint density at radius 2 is 0.957 bits per heavy atom. The summed E-state index contributed by atoms with van der Waals surface area (Å²) in [4.78, 5) is 82.4. The highest BCUT2D eigenvalue weighted by molar-refractivity contribution is 8.09. The number of benzene rings is 3. The Bertz CT molecular complexity index is 3320. The number of halogens is 4. The average molecular weight is 1430 g/mol. The molecule has 8 N–H and O–H groups in total. The number of aromatic amines is 1. The van der Waals surface area contributed by atoms with Gasteiger partial charge in [0, 0.05) is 30.6 Å². The molecule has 8 rings (SSSR count). The summed E-state index contributed by atoms with van der Waals surface area (Å²) >= 11 is 4.75. The summed E-state index contributed by atoms with van der Waals surface area (Å²) in [5.74, 6) is 1.56. The van der Waals surface area contributed by atoms with Crippen molar-refractivity contribution in [2.45, 2.75) is 178 Å². The highest BCUT2D eigenvalue weighted by atomic mass is 32.5. The predicted octanol–water partition coefficient (Wildman–Crippen LogP) is 9.58. The van der Waals surface area contributed by atoms with Crippen molar-refractivity contribution in [2.24, 2.45) is 0 Å². The molecule has 1 aromatic heterocycles. The fourth-order valence-electron chi connectivity index (χ4n) is 9.88. The third kappa shape index (κ3) is 25.4. The lowest BCUT2D eigenvalue weighted by molar-refractivity contribution is -0.134. The summed E-state index contributed by atoms with van der Waals surface area (Å²) in [5.41, 5.74) is 0.571. The first-order valence-electron chi connectivity index (χ1n) is 29.7. The van der Waals surface area contributed by atoms with Crippen LogP contribution in [-0.2, 0) is 72.7 Å². The minimum atomic E-state index is -4.33. The van der Waals surface area contributed by atoms with Gasteiger partial charge in [-0.05, 0) is 108 Å². The molecule has 4 saturated heterocycles. The number of aromatic nitrogens is 2. The van der Waals surface area contributed by atoms with E-state index < -0.39 is 163 Å². The molecule has 0 saturated carbocycles. The van der Waals surface area contributed by atoms with Crippen molar-refractivity contribution in [1.82, 2.24) is 9.55 Å². The highest BCUT2D eigenvalue weighted by Crippen LogP contribution is 2.47. The molecule has 94 heavy (non-hydrogen) atoms. The smallest absolute Gasteiger partial charge is 0.348 e. The Morgan fingerprint density at radius 3 is 1.30 bits per heavy atom. The lowest BCUT2D eigenvalue weighted by Crippen LogP contribution is -2.38. The van der Waals surface area contributed by atoms with Crippen molar-refractivity contribution in [3.05, 3.63) is 176 Å². The number of alkyl halides is 4. The number of aliphatic carboxylic acids is 1. The third-order valence-corrected chi connectivity index (χ3v) is 18.0. The minimum Gasteiger partial charge on any atom is -0.481 e. The Hall–Kier alpha value is -4.51. The summed E-state index contributed by atoms with van der Waals surface area (Å²) < 4.78 is 144. The molecule has 4 aliphatic heterocycles. The van der Waals surface area contributed by atoms with Crippen LogP contribution < -0.4 is 11.2 Å². The van der Waals surface area contributed by atoms with Crippen LogP contribution in [0.2, 0.25) is 0 Å². The van der Waals surface area contributed by atoms with Crippen molar-refractivity contribution in [3.8, 4) is 0 Å². The molecular weight excluding hydrogens is 1340 g/mol. The molecule has 0 aliphatic carbocycles. The van der Waals surface area contributed by atoms with E-state index in [1.807, 2.05) is 49.2 Å². The van der Waals surface area contributed by atoms with Gasteiger partial charge in [0.25, 0.3) is 5.56 Å². The van der Waals surface area contributed by atoms with Crippen molar-refractivity contribution in [1.29, 1.82) is 0 Å². The summed E-state index contributed by atoms with van der Waals surface area (Å²) in [6.07, 6.45) is -14.5. The predicted molar refractivity (Wildman–Crippen MR) is 344 cm³/mol. The van der Waals surface area contributed by atoms with Crippen LogP contribution in [0.15, 0.2) is 149 Å². The monoisotopic (exact) mass is 1430 g/mol. The van der Waals surface area contributed by atoms with Crippen LogP contribution in [0.4, 0.5) is 17.6 Å². The standard InChI is InChI=1S/C16H22FO5P.C16H22FO4P.C15H20FO5P.C14H20FN2O8PS/c1-11(2)21-16-13(8-9-23(19,20)10-18)22-15(14(16)17)12-6-4-3-5-7-12;1-11(2)20-16-13(9-10-22(3,18)19)21-15(14(16)17)12-7-5-4-6-8-12;1-10(2)20-15-12(8-9-22(17,18)19)21-14(13(15)16)11-6-4-3-5-7-11;1-7(2)24-12-8(5-23-26(22,27)6-10(19)20)25-13(11(12)15)17-4-3-9(18)16-14(17)21/h3-9,11,13-16,18H,10H2,1-2H3,(H,19,20);4-11,13-16H,1-3H3,(H,18,19);3-10,12-15H,1-2H3,(H2,17,18,19);3-4,7-8,11-13H,5-6H2,1-2H3,(H,19,20)(H,22,27)(H,16,18,21)/b9-8+;10-9+;9-8+;/t2*13-,14+,15+,16-;12-,13+,14+,15-;8-,11-,12-,13-,26?/m1111/s1. The molecule has 4 aromatic rings. The molecule has 4 aliphatic rings. The average Bonchev–Trinajstić information content (AvgIpc) is 1.68. The molecule has 24 nitrogen and oxygen atoms in total. The number of aliphatic hydroxyl groups excluding tert-OH is 1. The zero-order chi connectivity index (χ0) is 70.0. The molecule has 33 heteroatoms. The van der Waals surface area contributed by atoms with Gasteiger partial charge in [0.15, 0.2) is 37.4 Å². The molecule has 19 atom stereocenters. The van der Waals surface area contributed by atoms with Crippen LogP contribution in [0.1, 0.15) is 96.6 Å². The number of rotatable bonds is 24. The van der Waals surface area contributed by atoms with Crippen LogP contribution in [0.25, 0.3) is 0 Å².